The smallest absolute Gasteiger partial charge is 0.151 e. The van der Waals surface area contributed by atoms with E-state index in [0.29, 0.717) is 10.2 Å². The van der Waals surface area contributed by atoms with Gasteiger partial charge in [-0.1, -0.05) is 12.2 Å². The zero-order valence-corrected chi connectivity index (χ0v) is 6.37. The van der Waals surface area contributed by atoms with Crippen molar-refractivity contribution in [2.24, 2.45) is 0 Å². The Labute approximate surface area is 63.9 Å². The molecule has 0 aromatic carbocycles. The molecule has 3 heteroatoms. The Balaban J connectivity index is 3.29. The third-order valence-electron chi connectivity index (χ3n) is 1.25. The van der Waals surface area contributed by atoms with Gasteiger partial charge in [0.2, 0.25) is 0 Å². The zero-order valence-electron chi connectivity index (χ0n) is 5.55. The summed E-state index contributed by atoms with van der Waals surface area (Å²) in [5, 5.41) is 0. The van der Waals surface area contributed by atoms with Crippen LogP contribution < -0.4 is 0 Å². The van der Waals surface area contributed by atoms with E-state index < -0.39 is 0 Å². The van der Waals surface area contributed by atoms with Crippen LogP contribution in [0.2, 0.25) is 0 Å². The van der Waals surface area contributed by atoms with Crippen LogP contribution in [0, 0.1) is 11.6 Å². The molecule has 0 saturated heterocycles. The first kappa shape index (κ1) is 7.15. The van der Waals surface area contributed by atoms with Gasteiger partial charge in [-0.3, -0.25) is 4.79 Å². The highest BCUT2D eigenvalue weighted by Gasteiger charge is 1.90. The summed E-state index contributed by atoms with van der Waals surface area (Å²) in [5.41, 5.74) is 1.56. The maximum absolute atomic E-state index is 10.2. The van der Waals surface area contributed by atoms with E-state index in [1.807, 2.05) is 6.92 Å². The van der Waals surface area contributed by atoms with E-state index in [2.05, 4.69) is 4.98 Å². The van der Waals surface area contributed by atoms with Crippen LogP contribution in [-0.2, 0) is 0 Å². The first-order valence-corrected chi connectivity index (χ1v) is 3.29. The molecule has 0 radical (unpaired) electrons. The third-order valence-corrected chi connectivity index (χ3v) is 1.69. The Morgan fingerprint density at radius 2 is 2.40 bits per heavy atom. The maximum atomic E-state index is 10.2. The number of aldehydes is 1. The maximum Gasteiger partial charge on any atom is 0.151 e. The molecular formula is C7H7NOS. The quantitative estimate of drug-likeness (QED) is 0.493. The molecule has 1 rings (SSSR count). The molecule has 0 bridgehead atoms. The van der Waals surface area contributed by atoms with Gasteiger partial charge in [-0.2, -0.15) is 0 Å². The molecule has 10 heavy (non-hydrogen) atoms. The van der Waals surface area contributed by atoms with E-state index in [4.69, 9.17) is 12.2 Å². The number of carbonyl (C=O) groups excluding carboxylic acids is 1. The van der Waals surface area contributed by atoms with E-state index >= 15 is 0 Å². The molecule has 1 aromatic heterocycles. The van der Waals surface area contributed by atoms with Gasteiger partial charge in [0.15, 0.2) is 6.29 Å². The van der Waals surface area contributed by atoms with Crippen molar-refractivity contribution in [3.05, 3.63) is 28.0 Å². The molecule has 0 aliphatic carbocycles. The lowest BCUT2D eigenvalue weighted by Gasteiger charge is -1.92. The molecule has 52 valence electrons. The number of hydrogen-bond donors (Lipinski definition) is 1. The number of hydrogen-bond acceptors (Lipinski definition) is 2. The van der Waals surface area contributed by atoms with Gasteiger partial charge in [-0.15, -0.1) is 0 Å². The van der Waals surface area contributed by atoms with Crippen molar-refractivity contribution >= 4 is 18.5 Å². The average molecular weight is 153 g/mol. The van der Waals surface area contributed by atoms with Crippen LogP contribution in [0.25, 0.3) is 0 Å². The molecule has 0 aliphatic heterocycles. The first-order chi connectivity index (χ1) is 4.74. The molecule has 0 fully saturated rings. The van der Waals surface area contributed by atoms with Gasteiger partial charge >= 0.3 is 0 Å². The summed E-state index contributed by atoms with van der Waals surface area (Å²) in [4.78, 5) is 13.0. The predicted octanol–water partition coefficient (Wildman–Crippen LogP) is 1.87. The topological polar surface area (TPSA) is 32.9 Å². The van der Waals surface area contributed by atoms with E-state index in [-0.39, 0.29) is 0 Å². The second-order valence-electron chi connectivity index (χ2n) is 2.06. The summed E-state index contributed by atoms with van der Waals surface area (Å²) >= 11 is 4.89. The van der Waals surface area contributed by atoms with Crippen molar-refractivity contribution in [2.45, 2.75) is 6.92 Å². The first-order valence-electron chi connectivity index (χ1n) is 2.88. The Morgan fingerprint density at radius 1 is 1.70 bits per heavy atom. The summed E-state index contributed by atoms with van der Waals surface area (Å²) in [6.07, 6.45) is 2.39. The Kier molecular flexibility index (Phi) is 1.97. The lowest BCUT2D eigenvalue weighted by Crippen LogP contribution is -1.85. The number of pyridine rings is 1. The van der Waals surface area contributed by atoms with Gasteiger partial charge < -0.3 is 4.98 Å². The van der Waals surface area contributed by atoms with Crippen molar-refractivity contribution in [3.8, 4) is 0 Å². The predicted molar refractivity (Wildman–Crippen MR) is 41.8 cm³/mol. The average Bonchev–Trinajstić information content (AvgIpc) is 1.95. The second kappa shape index (κ2) is 2.75. The van der Waals surface area contributed by atoms with Gasteiger partial charge in [0.1, 0.15) is 4.64 Å². The van der Waals surface area contributed by atoms with E-state index in [9.17, 15) is 4.79 Å². The summed E-state index contributed by atoms with van der Waals surface area (Å²) in [5.74, 6) is 0. The monoisotopic (exact) mass is 153 g/mol. The standard InChI is InChI=1S/C7H7NOS/c1-5-2-6(4-9)3-8-7(5)10/h2-4H,1H3,(H,8,10). The number of carbonyl (C=O) groups is 1. The highest BCUT2D eigenvalue weighted by molar-refractivity contribution is 7.71. The summed E-state index contributed by atoms with van der Waals surface area (Å²) in [6, 6.07) is 1.76. The van der Waals surface area contributed by atoms with Crippen LogP contribution >= 0.6 is 12.2 Å². The summed E-state index contributed by atoms with van der Waals surface area (Å²) < 4.78 is 0.686. The van der Waals surface area contributed by atoms with Gasteiger partial charge in [0.25, 0.3) is 0 Å². The van der Waals surface area contributed by atoms with Crippen molar-refractivity contribution in [1.29, 1.82) is 0 Å². The zero-order chi connectivity index (χ0) is 7.56. The van der Waals surface area contributed by atoms with Crippen molar-refractivity contribution in [2.75, 3.05) is 0 Å². The fraction of sp³-hybridized carbons (Fsp3) is 0.143. The van der Waals surface area contributed by atoms with Gasteiger partial charge in [-0.05, 0) is 18.6 Å². The van der Waals surface area contributed by atoms with Crippen LogP contribution in [0.15, 0.2) is 12.3 Å². The third kappa shape index (κ3) is 1.30. The lowest BCUT2D eigenvalue weighted by atomic mass is 10.2. The lowest BCUT2D eigenvalue weighted by molar-refractivity contribution is 0.112. The molecule has 0 amide bonds. The molecule has 0 atom stereocenters. The van der Waals surface area contributed by atoms with E-state index in [1.54, 1.807) is 12.3 Å². The number of aryl methyl sites for hydroxylation is 1. The van der Waals surface area contributed by atoms with Gasteiger partial charge in [0.05, 0.1) is 0 Å². The number of rotatable bonds is 1. The van der Waals surface area contributed by atoms with E-state index in [0.717, 1.165) is 11.8 Å². The number of aromatic nitrogens is 1. The number of aromatic amines is 1. The van der Waals surface area contributed by atoms with Crippen LogP contribution in [0.5, 0.6) is 0 Å². The Bertz CT molecular complexity index is 303. The Morgan fingerprint density at radius 3 is 2.90 bits per heavy atom. The van der Waals surface area contributed by atoms with Gasteiger partial charge in [-0.25, -0.2) is 0 Å². The largest absolute Gasteiger partial charge is 0.352 e. The van der Waals surface area contributed by atoms with Crippen LogP contribution in [0.3, 0.4) is 0 Å². The molecule has 0 saturated carbocycles. The minimum atomic E-state index is 0.631. The second-order valence-corrected chi connectivity index (χ2v) is 2.47. The van der Waals surface area contributed by atoms with Gasteiger partial charge in [0, 0.05) is 11.8 Å². The highest BCUT2D eigenvalue weighted by atomic mass is 32.1. The minimum Gasteiger partial charge on any atom is -0.352 e. The minimum absolute atomic E-state index is 0.631. The summed E-state index contributed by atoms with van der Waals surface area (Å²) in [6.45, 7) is 1.87. The number of nitrogens with one attached hydrogen (secondary N) is 1. The van der Waals surface area contributed by atoms with Crippen LogP contribution in [-0.4, -0.2) is 11.3 Å². The van der Waals surface area contributed by atoms with Crippen LogP contribution in [0.4, 0.5) is 0 Å². The number of H-pyrrole nitrogens is 1. The highest BCUT2D eigenvalue weighted by Crippen LogP contribution is 2.00. The molecule has 0 spiro atoms. The van der Waals surface area contributed by atoms with Crippen molar-refractivity contribution in [3.63, 3.8) is 0 Å². The van der Waals surface area contributed by atoms with Crippen LogP contribution in [0.1, 0.15) is 15.9 Å². The Hall–Kier alpha value is -0.960. The van der Waals surface area contributed by atoms with E-state index in [1.165, 1.54) is 0 Å². The molecule has 1 N–H and O–H groups in total. The molecular weight excluding hydrogens is 146 g/mol. The fourth-order valence-electron chi connectivity index (χ4n) is 0.688. The summed E-state index contributed by atoms with van der Waals surface area (Å²) in [7, 11) is 0. The SMILES string of the molecule is Cc1cc(C=O)c[nH]c1=S. The fourth-order valence-corrected chi connectivity index (χ4v) is 0.806. The normalized spacial score (nSPS) is 9.30. The van der Waals surface area contributed by atoms with Crippen molar-refractivity contribution in [1.82, 2.24) is 4.98 Å². The molecule has 2 nitrogen and oxygen atoms in total. The molecule has 1 heterocycles. The van der Waals surface area contributed by atoms with Crippen molar-refractivity contribution < 1.29 is 4.79 Å². The molecule has 0 aliphatic rings. The molecule has 0 unspecified atom stereocenters. The molecule has 1 aromatic rings.